The highest BCUT2D eigenvalue weighted by atomic mass is 32.1. The van der Waals surface area contributed by atoms with Gasteiger partial charge in [-0.25, -0.2) is 0 Å². The summed E-state index contributed by atoms with van der Waals surface area (Å²) in [5, 5.41) is 7.91. The van der Waals surface area contributed by atoms with Crippen LogP contribution >= 0.6 is 11.3 Å². The van der Waals surface area contributed by atoms with E-state index in [1.54, 1.807) is 11.3 Å². The van der Waals surface area contributed by atoms with E-state index in [9.17, 15) is 0 Å². The van der Waals surface area contributed by atoms with E-state index in [-0.39, 0.29) is 6.04 Å². The van der Waals surface area contributed by atoms with Gasteiger partial charge in [-0.1, -0.05) is 12.2 Å². The summed E-state index contributed by atoms with van der Waals surface area (Å²) in [6.45, 7) is 4.19. The van der Waals surface area contributed by atoms with Gasteiger partial charge in [-0.2, -0.15) is 11.3 Å². The molecule has 15 heavy (non-hydrogen) atoms. The molecular formula is C12H18N2S. The van der Waals surface area contributed by atoms with E-state index in [4.69, 9.17) is 5.73 Å². The van der Waals surface area contributed by atoms with Crippen molar-refractivity contribution in [1.82, 2.24) is 5.32 Å². The molecule has 0 amide bonds. The fraction of sp³-hybridized carbons (Fsp3) is 0.500. The lowest BCUT2D eigenvalue weighted by Gasteiger charge is -2.10. The molecule has 0 spiro atoms. The lowest BCUT2D eigenvalue weighted by Crippen LogP contribution is -2.23. The quantitative estimate of drug-likeness (QED) is 0.765. The Morgan fingerprint density at radius 2 is 2.33 bits per heavy atom. The van der Waals surface area contributed by atoms with Crippen molar-refractivity contribution < 1.29 is 0 Å². The third kappa shape index (κ3) is 2.91. The van der Waals surface area contributed by atoms with Crippen LogP contribution in [-0.4, -0.2) is 12.6 Å². The van der Waals surface area contributed by atoms with Gasteiger partial charge in [0.1, 0.15) is 0 Å². The molecule has 0 bridgehead atoms. The van der Waals surface area contributed by atoms with Gasteiger partial charge in [-0.3, -0.25) is 0 Å². The first kappa shape index (κ1) is 10.9. The van der Waals surface area contributed by atoms with Crippen molar-refractivity contribution in [2.75, 3.05) is 6.54 Å². The third-order valence-electron chi connectivity index (χ3n) is 2.89. The summed E-state index contributed by atoms with van der Waals surface area (Å²) >= 11 is 1.78. The van der Waals surface area contributed by atoms with Crippen LogP contribution in [0.4, 0.5) is 0 Å². The first-order valence-corrected chi connectivity index (χ1v) is 6.36. The van der Waals surface area contributed by atoms with Gasteiger partial charge in [-0.15, -0.1) is 0 Å². The van der Waals surface area contributed by atoms with Gasteiger partial charge >= 0.3 is 0 Å². The molecule has 3 heteroatoms. The highest BCUT2D eigenvalue weighted by Gasteiger charge is 2.14. The topological polar surface area (TPSA) is 38.0 Å². The zero-order valence-corrected chi connectivity index (χ0v) is 9.89. The Kier molecular flexibility index (Phi) is 3.57. The van der Waals surface area contributed by atoms with E-state index in [1.165, 1.54) is 11.1 Å². The predicted octanol–water partition coefficient (Wildman–Crippen LogP) is 2.05. The van der Waals surface area contributed by atoms with Crippen LogP contribution in [0.3, 0.4) is 0 Å². The minimum atomic E-state index is 0.277. The van der Waals surface area contributed by atoms with Gasteiger partial charge in [0, 0.05) is 19.1 Å². The second-order valence-corrected chi connectivity index (χ2v) is 5.00. The van der Waals surface area contributed by atoms with Crippen LogP contribution in [0.1, 0.15) is 17.5 Å². The molecule has 2 nitrogen and oxygen atoms in total. The fourth-order valence-corrected chi connectivity index (χ4v) is 2.78. The first-order chi connectivity index (χ1) is 7.25. The molecule has 0 saturated heterocycles. The van der Waals surface area contributed by atoms with E-state index in [1.807, 2.05) is 0 Å². The van der Waals surface area contributed by atoms with E-state index < -0.39 is 0 Å². The van der Waals surface area contributed by atoms with Gasteiger partial charge in [0.05, 0.1) is 0 Å². The minimum absolute atomic E-state index is 0.277. The van der Waals surface area contributed by atoms with Crippen LogP contribution in [0, 0.1) is 12.8 Å². The Balaban J connectivity index is 1.72. The summed E-state index contributed by atoms with van der Waals surface area (Å²) in [6, 6.07) is 0.277. The predicted molar refractivity (Wildman–Crippen MR) is 66.0 cm³/mol. The molecule has 1 aromatic rings. The van der Waals surface area contributed by atoms with Gasteiger partial charge in [0.15, 0.2) is 0 Å². The lowest BCUT2D eigenvalue weighted by molar-refractivity contribution is 0.528. The summed E-state index contributed by atoms with van der Waals surface area (Å²) in [7, 11) is 0. The maximum Gasteiger partial charge on any atom is 0.0229 e. The van der Waals surface area contributed by atoms with Crippen LogP contribution < -0.4 is 11.1 Å². The number of nitrogens with two attached hydrogens (primary N) is 1. The molecule has 0 aromatic carbocycles. The van der Waals surface area contributed by atoms with Crippen molar-refractivity contribution in [3.05, 3.63) is 34.0 Å². The molecule has 0 radical (unpaired) electrons. The second-order valence-electron chi connectivity index (χ2n) is 4.26. The monoisotopic (exact) mass is 222 g/mol. The number of thiophene rings is 1. The number of aryl methyl sites for hydroxylation is 1. The van der Waals surface area contributed by atoms with Gasteiger partial charge in [0.25, 0.3) is 0 Å². The van der Waals surface area contributed by atoms with E-state index in [0.717, 1.165) is 19.5 Å². The third-order valence-corrected chi connectivity index (χ3v) is 3.80. The molecule has 3 N–H and O–H groups in total. The summed E-state index contributed by atoms with van der Waals surface area (Å²) in [5.74, 6) is 0.624. The van der Waals surface area contributed by atoms with Crippen LogP contribution in [0.25, 0.3) is 0 Å². The largest absolute Gasteiger partial charge is 0.324 e. The first-order valence-electron chi connectivity index (χ1n) is 5.42. The highest BCUT2D eigenvalue weighted by molar-refractivity contribution is 7.08. The van der Waals surface area contributed by atoms with Crippen LogP contribution in [0.2, 0.25) is 0 Å². The Labute approximate surface area is 95.2 Å². The van der Waals surface area contributed by atoms with E-state index in [0.29, 0.717) is 5.92 Å². The normalized spacial score (nSPS) is 24.9. The highest BCUT2D eigenvalue weighted by Crippen LogP contribution is 2.16. The van der Waals surface area contributed by atoms with Crippen molar-refractivity contribution in [2.24, 2.45) is 11.7 Å². The Bertz CT molecular complexity index is 343. The van der Waals surface area contributed by atoms with E-state index >= 15 is 0 Å². The zero-order chi connectivity index (χ0) is 10.7. The molecule has 0 fully saturated rings. The maximum absolute atomic E-state index is 5.80. The van der Waals surface area contributed by atoms with Gasteiger partial charge < -0.3 is 11.1 Å². The van der Waals surface area contributed by atoms with Crippen molar-refractivity contribution in [1.29, 1.82) is 0 Å². The molecule has 82 valence electrons. The Morgan fingerprint density at radius 1 is 1.47 bits per heavy atom. The maximum atomic E-state index is 5.80. The average Bonchev–Trinajstić information content (AvgIpc) is 2.77. The lowest BCUT2D eigenvalue weighted by atomic mass is 10.1. The molecule has 0 saturated carbocycles. The summed E-state index contributed by atoms with van der Waals surface area (Å²) in [5.41, 5.74) is 8.62. The molecule has 1 aliphatic carbocycles. The standard InChI is InChI=1S/C12H18N2S/c1-9-7-15-8-11(9)6-14-5-10-2-3-12(13)4-10/h2-3,7-8,10,12,14H,4-6,13H2,1H3. The zero-order valence-electron chi connectivity index (χ0n) is 9.07. The van der Waals surface area contributed by atoms with Crippen molar-refractivity contribution in [2.45, 2.75) is 25.9 Å². The van der Waals surface area contributed by atoms with Crippen LogP contribution in [-0.2, 0) is 6.54 Å². The summed E-state index contributed by atoms with van der Waals surface area (Å²) in [4.78, 5) is 0. The number of hydrogen-bond acceptors (Lipinski definition) is 3. The SMILES string of the molecule is Cc1cscc1CNCC1C=CC(N)C1. The minimum Gasteiger partial charge on any atom is -0.324 e. The average molecular weight is 222 g/mol. The van der Waals surface area contributed by atoms with E-state index in [2.05, 4.69) is 35.2 Å². The number of rotatable bonds is 4. The summed E-state index contributed by atoms with van der Waals surface area (Å²) < 4.78 is 0. The van der Waals surface area contributed by atoms with Crippen molar-refractivity contribution >= 4 is 11.3 Å². The fourth-order valence-electron chi connectivity index (χ4n) is 1.92. The number of hydrogen-bond donors (Lipinski definition) is 2. The van der Waals surface area contributed by atoms with Crippen molar-refractivity contribution in [3.63, 3.8) is 0 Å². The second kappa shape index (κ2) is 4.92. The van der Waals surface area contributed by atoms with Gasteiger partial charge in [0.2, 0.25) is 0 Å². The molecule has 2 unspecified atom stereocenters. The molecule has 0 aliphatic heterocycles. The molecule has 2 atom stereocenters. The smallest absolute Gasteiger partial charge is 0.0229 e. The molecular weight excluding hydrogens is 204 g/mol. The number of nitrogens with one attached hydrogen (secondary N) is 1. The van der Waals surface area contributed by atoms with Crippen molar-refractivity contribution in [3.8, 4) is 0 Å². The Morgan fingerprint density at radius 3 is 2.93 bits per heavy atom. The van der Waals surface area contributed by atoms with Crippen LogP contribution in [0.15, 0.2) is 22.9 Å². The summed E-state index contributed by atoms with van der Waals surface area (Å²) in [6.07, 6.45) is 5.44. The molecule has 2 rings (SSSR count). The van der Waals surface area contributed by atoms with Crippen LogP contribution in [0.5, 0.6) is 0 Å². The molecule has 1 aromatic heterocycles. The molecule has 1 aliphatic rings. The Hall–Kier alpha value is -0.640. The van der Waals surface area contributed by atoms with Gasteiger partial charge in [-0.05, 0) is 41.1 Å². The molecule has 1 heterocycles.